The van der Waals surface area contributed by atoms with Gasteiger partial charge in [-0.3, -0.25) is 0 Å². The van der Waals surface area contributed by atoms with Crippen molar-refractivity contribution in [3.8, 4) is 0 Å². The van der Waals surface area contributed by atoms with Crippen molar-refractivity contribution in [3.05, 3.63) is 0 Å². The average Bonchev–Trinajstić information content (AvgIpc) is 2.92. The van der Waals surface area contributed by atoms with Crippen molar-refractivity contribution in [1.82, 2.24) is 10.2 Å². The molecule has 0 aromatic carbocycles. The molecule has 2 aliphatic rings. The lowest BCUT2D eigenvalue weighted by Crippen LogP contribution is -2.34. The van der Waals surface area contributed by atoms with Gasteiger partial charge in [0.1, 0.15) is 0 Å². The number of rotatable bonds is 6. The SMILES string of the molecule is CCCNC1CCC(N(C)CC2CC2)C1. The summed E-state index contributed by atoms with van der Waals surface area (Å²) in [4.78, 5) is 2.62. The maximum Gasteiger partial charge on any atom is 0.0108 e. The summed E-state index contributed by atoms with van der Waals surface area (Å²) in [5, 5.41) is 3.66. The Morgan fingerprint density at radius 1 is 1.20 bits per heavy atom. The zero-order valence-corrected chi connectivity index (χ0v) is 10.3. The molecule has 1 N–H and O–H groups in total. The first-order chi connectivity index (χ1) is 7.29. The van der Waals surface area contributed by atoms with Gasteiger partial charge in [-0.2, -0.15) is 0 Å². The zero-order chi connectivity index (χ0) is 10.7. The van der Waals surface area contributed by atoms with Crippen LogP contribution in [-0.4, -0.2) is 37.1 Å². The summed E-state index contributed by atoms with van der Waals surface area (Å²) in [6.07, 6.45) is 8.40. The minimum atomic E-state index is 0.802. The van der Waals surface area contributed by atoms with Crippen molar-refractivity contribution < 1.29 is 0 Å². The third kappa shape index (κ3) is 3.46. The Bertz CT molecular complexity index is 189. The molecule has 2 unspecified atom stereocenters. The van der Waals surface area contributed by atoms with Crippen molar-refractivity contribution in [1.29, 1.82) is 0 Å². The van der Waals surface area contributed by atoms with E-state index in [4.69, 9.17) is 0 Å². The van der Waals surface area contributed by atoms with E-state index in [1.807, 2.05) is 0 Å². The van der Waals surface area contributed by atoms with Crippen LogP contribution in [0.1, 0.15) is 45.4 Å². The fourth-order valence-electron chi connectivity index (χ4n) is 2.75. The molecule has 0 aromatic rings. The van der Waals surface area contributed by atoms with Gasteiger partial charge in [-0.05, 0) is 58.0 Å². The molecule has 0 saturated heterocycles. The van der Waals surface area contributed by atoms with Gasteiger partial charge in [0, 0.05) is 18.6 Å². The molecule has 0 amide bonds. The molecule has 0 spiro atoms. The first-order valence-corrected chi connectivity index (χ1v) is 6.73. The molecule has 2 nitrogen and oxygen atoms in total. The summed E-state index contributed by atoms with van der Waals surface area (Å²) in [6, 6.07) is 1.66. The Morgan fingerprint density at radius 2 is 2.00 bits per heavy atom. The quantitative estimate of drug-likeness (QED) is 0.723. The molecule has 15 heavy (non-hydrogen) atoms. The first-order valence-electron chi connectivity index (χ1n) is 6.73. The summed E-state index contributed by atoms with van der Waals surface area (Å²) >= 11 is 0. The second-order valence-corrected chi connectivity index (χ2v) is 5.50. The monoisotopic (exact) mass is 210 g/mol. The van der Waals surface area contributed by atoms with Crippen molar-refractivity contribution >= 4 is 0 Å². The van der Waals surface area contributed by atoms with Gasteiger partial charge in [-0.25, -0.2) is 0 Å². The summed E-state index contributed by atoms with van der Waals surface area (Å²) in [5.74, 6) is 1.04. The predicted molar refractivity (Wildman–Crippen MR) is 65.1 cm³/mol. The Kier molecular flexibility index (Phi) is 4.04. The van der Waals surface area contributed by atoms with Gasteiger partial charge >= 0.3 is 0 Å². The fourth-order valence-corrected chi connectivity index (χ4v) is 2.75. The van der Waals surface area contributed by atoms with Gasteiger partial charge in [0.25, 0.3) is 0 Å². The maximum absolute atomic E-state index is 3.66. The van der Waals surface area contributed by atoms with E-state index in [0.717, 1.165) is 18.0 Å². The van der Waals surface area contributed by atoms with Gasteiger partial charge in [-0.15, -0.1) is 0 Å². The third-order valence-corrected chi connectivity index (χ3v) is 3.95. The van der Waals surface area contributed by atoms with Crippen LogP contribution in [0.15, 0.2) is 0 Å². The van der Waals surface area contributed by atoms with E-state index in [1.165, 1.54) is 51.6 Å². The van der Waals surface area contributed by atoms with Crippen LogP contribution in [0.3, 0.4) is 0 Å². The van der Waals surface area contributed by atoms with Gasteiger partial charge in [0.05, 0.1) is 0 Å². The van der Waals surface area contributed by atoms with Crippen LogP contribution in [0.25, 0.3) is 0 Å². The van der Waals surface area contributed by atoms with E-state index in [-0.39, 0.29) is 0 Å². The van der Waals surface area contributed by atoms with E-state index < -0.39 is 0 Å². The molecular weight excluding hydrogens is 184 g/mol. The van der Waals surface area contributed by atoms with E-state index in [1.54, 1.807) is 0 Å². The number of nitrogens with zero attached hydrogens (tertiary/aromatic N) is 1. The molecule has 2 heteroatoms. The highest BCUT2D eigenvalue weighted by molar-refractivity contribution is 4.87. The Balaban J connectivity index is 1.66. The van der Waals surface area contributed by atoms with Gasteiger partial charge in [-0.1, -0.05) is 6.92 Å². The van der Waals surface area contributed by atoms with E-state index >= 15 is 0 Å². The molecule has 0 bridgehead atoms. The van der Waals surface area contributed by atoms with Gasteiger partial charge < -0.3 is 10.2 Å². The van der Waals surface area contributed by atoms with Crippen molar-refractivity contribution in [2.75, 3.05) is 20.1 Å². The molecule has 2 saturated carbocycles. The van der Waals surface area contributed by atoms with Crippen LogP contribution in [0.5, 0.6) is 0 Å². The van der Waals surface area contributed by atoms with Gasteiger partial charge in [0.15, 0.2) is 0 Å². The highest BCUT2D eigenvalue weighted by Gasteiger charge is 2.30. The average molecular weight is 210 g/mol. The van der Waals surface area contributed by atoms with E-state index in [9.17, 15) is 0 Å². The van der Waals surface area contributed by atoms with E-state index in [2.05, 4.69) is 24.2 Å². The molecule has 0 radical (unpaired) electrons. The fraction of sp³-hybridized carbons (Fsp3) is 1.00. The van der Waals surface area contributed by atoms with Gasteiger partial charge in [0.2, 0.25) is 0 Å². The first kappa shape index (κ1) is 11.4. The summed E-state index contributed by atoms with van der Waals surface area (Å²) in [6.45, 7) is 4.80. The molecule has 2 fully saturated rings. The van der Waals surface area contributed by atoms with Crippen LogP contribution >= 0.6 is 0 Å². The van der Waals surface area contributed by atoms with Crippen LogP contribution in [-0.2, 0) is 0 Å². The van der Waals surface area contributed by atoms with E-state index in [0.29, 0.717) is 0 Å². The maximum atomic E-state index is 3.66. The normalized spacial score (nSPS) is 31.4. The lowest BCUT2D eigenvalue weighted by atomic mass is 10.2. The summed E-state index contributed by atoms with van der Waals surface area (Å²) in [5.41, 5.74) is 0. The molecule has 0 aromatic heterocycles. The second-order valence-electron chi connectivity index (χ2n) is 5.50. The summed E-state index contributed by atoms with van der Waals surface area (Å²) in [7, 11) is 2.32. The smallest absolute Gasteiger partial charge is 0.0108 e. The van der Waals surface area contributed by atoms with Crippen molar-refractivity contribution in [2.45, 2.75) is 57.5 Å². The molecule has 88 valence electrons. The molecule has 2 rings (SSSR count). The minimum absolute atomic E-state index is 0.802. The third-order valence-electron chi connectivity index (χ3n) is 3.95. The minimum Gasteiger partial charge on any atom is -0.314 e. The molecule has 2 aliphatic carbocycles. The zero-order valence-electron chi connectivity index (χ0n) is 10.3. The Labute approximate surface area is 94.4 Å². The lowest BCUT2D eigenvalue weighted by Gasteiger charge is -2.24. The van der Waals surface area contributed by atoms with Crippen LogP contribution < -0.4 is 5.32 Å². The molecule has 0 heterocycles. The Morgan fingerprint density at radius 3 is 2.67 bits per heavy atom. The van der Waals surface area contributed by atoms with Crippen LogP contribution in [0, 0.1) is 5.92 Å². The number of hydrogen-bond acceptors (Lipinski definition) is 2. The largest absolute Gasteiger partial charge is 0.314 e. The summed E-state index contributed by atoms with van der Waals surface area (Å²) < 4.78 is 0. The topological polar surface area (TPSA) is 15.3 Å². The van der Waals surface area contributed by atoms with Crippen LogP contribution in [0.2, 0.25) is 0 Å². The second kappa shape index (κ2) is 5.31. The van der Waals surface area contributed by atoms with Crippen molar-refractivity contribution in [2.24, 2.45) is 5.92 Å². The van der Waals surface area contributed by atoms with Crippen LogP contribution in [0.4, 0.5) is 0 Å². The highest BCUT2D eigenvalue weighted by atomic mass is 15.1. The highest BCUT2D eigenvalue weighted by Crippen LogP contribution is 2.32. The molecule has 2 atom stereocenters. The Hall–Kier alpha value is -0.0800. The van der Waals surface area contributed by atoms with Crippen molar-refractivity contribution in [3.63, 3.8) is 0 Å². The number of hydrogen-bond donors (Lipinski definition) is 1. The lowest BCUT2D eigenvalue weighted by molar-refractivity contribution is 0.232. The number of nitrogens with one attached hydrogen (secondary N) is 1. The molecule has 0 aliphatic heterocycles. The standard InChI is InChI=1S/C13H26N2/c1-3-8-14-12-6-7-13(9-12)15(2)10-11-4-5-11/h11-14H,3-10H2,1-2H3. The predicted octanol–water partition coefficient (Wildman–Crippen LogP) is 2.25. The molecular formula is C13H26N2.